The number of hydrogen-bond donors (Lipinski definition) is 0. The minimum atomic E-state index is 0.0801. The van der Waals surface area contributed by atoms with E-state index in [-0.39, 0.29) is 6.29 Å². The van der Waals surface area contributed by atoms with Gasteiger partial charge in [-0.25, -0.2) is 0 Å². The molecule has 1 aliphatic heterocycles. The maximum absolute atomic E-state index is 5.53. The van der Waals surface area contributed by atoms with Crippen LogP contribution < -0.4 is 0 Å². The van der Waals surface area contributed by atoms with E-state index in [4.69, 9.17) is 9.47 Å². The molecule has 0 saturated carbocycles. The van der Waals surface area contributed by atoms with Crippen LogP contribution in [0.5, 0.6) is 0 Å². The fraction of sp³-hybridized carbons (Fsp3) is 1.00. The Morgan fingerprint density at radius 2 is 2.30 bits per heavy atom. The van der Waals surface area contributed by atoms with Crippen molar-refractivity contribution in [1.29, 1.82) is 0 Å². The van der Waals surface area contributed by atoms with Crippen molar-refractivity contribution in [2.24, 2.45) is 0 Å². The Labute approximate surface area is 62.5 Å². The Kier molecular flexibility index (Phi) is 3.16. The van der Waals surface area contributed by atoms with Gasteiger partial charge < -0.3 is 9.47 Å². The summed E-state index contributed by atoms with van der Waals surface area (Å²) in [5, 5.41) is 0. The van der Waals surface area contributed by atoms with Crippen LogP contribution >= 0.6 is 0 Å². The first-order valence-corrected chi connectivity index (χ1v) is 4.05. The maximum atomic E-state index is 5.53. The van der Waals surface area contributed by atoms with Gasteiger partial charge in [0, 0.05) is 13.5 Å². The second-order valence-electron chi connectivity index (χ2n) is 2.79. The van der Waals surface area contributed by atoms with Crippen molar-refractivity contribution >= 4 is 0 Å². The van der Waals surface area contributed by atoms with Gasteiger partial charge in [0.25, 0.3) is 0 Å². The molecule has 1 fully saturated rings. The van der Waals surface area contributed by atoms with Crippen molar-refractivity contribution in [3.63, 3.8) is 0 Å². The van der Waals surface area contributed by atoms with Crippen LogP contribution in [0, 0.1) is 0 Å². The summed E-state index contributed by atoms with van der Waals surface area (Å²) in [7, 11) is 1.71. The molecule has 0 bridgehead atoms. The third-order valence-electron chi connectivity index (χ3n) is 1.94. The molecule has 60 valence electrons. The summed E-state index contributed by atoms with van der Waals surface area (Å²) in [6.07, 6.45) is 5.18. The van der Waals surface area contributed by atoms with Crippen LogP contribution in [0.1, 0.15) is 32.6 Å². The van der Waals surface area contributed by atoms with Crippen molar-refractivity contribution in [3.8, 4) is 0 Å². The van der Waals surface area contributed by atoms with Gasteiger partial charge in [-0.15, -0.1) is 0 Å². The van der Waals surface area contributed by atoms with Crippen molar-refractivity contribution < 1.29 is 9.47 Å². The molecule has 1 rings (SSSR count). The smallest absolute Gasteiger partial charge is 0.157 e. The number of ether oxygens (including phenoxy) is 2. The highest BCUT2D eigenvalue weighted by Gasteiger charge is 2.23. The molecule has 2 unspecified atom stereocenters. The Bertz CT molecular complexity index is 93.3. The van der Waals surface area contributed by atoms with Crippen molar-refractivity contribution in [2.75, 3.05) is 7.11 Å². The molecule has 2 heteroatoms. The zero-order valence-corrected chi connectivity index (χ0v) is 6.80. The quantitative estimate of drug-likeness (QED) is 0.602. The second kappa shape index (κ2) is 3.94. The van der Waals surface area contributed by atoms with Gasteiger partial charge >= 0.3 is 0 Å². The first-order valence-electron chi connectivity index (χ1n) is 4.05. The molecule has 0 amide bonds. The molecule has 10 heavy (non-hydrogen) atoms. The van der Waals surface area contributed by atoms with Gasteiger partial charge in [0.2, 0.25) is 0 Å². The van der Waals surface area contributed by atoms with Crippen LogP contribution in [0.15, 0.2) is 0 Å². The molecule has 0 N–H and O–H groups in total. The van der Waals surface area contributed by atoms with E-state index in [0.717, 1.165) is 6.42 Å². The number of rotatable bonds is 3. The van der Waals surface area contributed by atoms with Crippen LogP contribution in [-0.2, 0) is 9.47 Å². The number of hydrogen-bond acceptors (Lipinski definition) is 2. The molecule has 0 aromatic rings. The lowest BCUT2D eigenvalue weighted by molar-refractivity contribution is -0.115. The number of methoxy groups -OCH3 is 1. The van der Waals surface area contributed by atoms with Gasteiger partial charge in [-0.3, -0.25) is 0 Å². The predicted octanol–water partition coefficient (Wildman–Crippen LogP) is 1.94. The van der Waals surface area contributed by atoms with Crippen LogP contribution in [0.4, 0.5) is 0 Å². The molecule has 0 radical (unpaired) electrons. The summed E-state index contributed by atoms with van der Waals surface area (Å²) >= 11 is 0. The molecule has 0 aromatic carbocycles. The Morgan fingerprint density at radius 1 is 1.50 bits per heavy atom. The van der Waals surface area contributed by atoms with Crippen molar-refractivity contribution in [3.05, 3.63) is 0 Å². The Morgan fingerprint density at radius 3 is 2.80 bits per heavy atom. The van der Waals surface area contributed by atoms with Crippen LogP contribution in [-0.4, -0.2) is 19.5 Å². The Hall–Kier alpha value is -0.0800. The molecular weight excluding hydrogens is 128 g/mol. The fourth-order valence-corrected chi connectivity index (χ4v) is 1.38. The molecule has 1 aliphatic rings. The summed E-state index contributed by atoms with van der Waals surface area (Å²) < 4.78 is 10.6. The molecule has 1 heterocycles. The normalized spacial score (nSPS) is 33.0. The Balaban J connectivity index is 2.15. The third-order valence-corrected chi connectivity index (χ3v) is 1.94. The van der Waals surface area contributed by atoms with E-state index < -0.39 is 0 Å². The highest BCUT2D eigenvalue weighted by atomic mass is 16.7. The van der Waals surface area contributed by atoms with Gasteiger partial charge in [-0.2, -0.15) is 0 Å². The highest BCUT2D eigenvalue weighted by molar-refractivity contribution is 4.66. The largest absolute Gasteiger partial charge is 0.356 e. The molecule has 0 spiro atoms. The van der Waals surface area contributed by atoms with Crippen LogP contribution in [0.25, 0.3) is 0 Å². The second-order valence-corrected chi connectivity index (χ2v) is 2.79. The summed E-state index contributed by atoms with van der Waals surface area (Å²) in [6, 6.07) is 0. The van der Waals surface area contributed by atoms with E-state index in [0.29, 0.717) is 6.10 Å². The minimum Gasteiger partial charge on any atom is -0.356 e. The molecule has 2 nitrogen and oxygen atoms in total. The first-order chi connectivity index (χ1) is 4.86. The van der Waals surface area contributed by atoms with E-state index in [9.17, 15) is 0 Å². The lowest BCUT2D eigenvalue weighted by Gasteiger charge is -2.10. The summed E-state index contributed by atoms with van der Waals surface area (Å²) in [5.74, 6) is 0. The molecular formula is C8H16O2. The molecule has 1 saturated heterocycles. The first kappa shape index (κ1) is 8.02. The van der Waals surface area contributed by atoms with Gasteiger partial charge in [-0.05, 0) is 12.8 Å². The van der Waals surface area contributed by atoms with E-state index >= 15 is 0 Å². The SMILES string of the molecule is CCCC1CCC(OC)O1. The lowest BCUT2D eigenvalue weighted by Crippen LogP contribution is -2.11. The molecule has 0 aliphatic carbocycles. The average molecular weight is 144 g/mol. The molecule has 2 atom stereocenters. The summed E-state index contributed by atoms with van der Waals surface area (Å²) in [4.78, 5) is 0. The van der Waals surface area contributed by atoms with Crippen LogP contribution in [0.2, 0.25) is 0 Å². The van der Waals surface area contributed by atoms with Gasteiger partial charge in [-0.1, -0.05) is 13.3 Å². The van der Waals surface area contributed by atoms with Gasteiger partial charge in [0.05, 0.1) is 6.10 Å². The van der Waals surface area contributed by atoms with E-state index in [1.807, 2.05) is 0 Å². The lowest BCUT2D eigenvalue weighted by atomic mass is 10.1. The van der Waals surface area contributed by atoms with Crippen LogP contribution in [0.3, 0.4) is 0 Å². The van der Waals surface area contributed by atoms with Gasteiger partial charge in [0.15, 0.2) is 6.29 Å². The summed E-state index contributed by atoms with van der Waals surface area (Å²) in [6.45, 7) is 2.18. The van der Waals surface area contributed by atoms with Crippen molar-refractivity contribution in [2.45, 2.75) is 45.0 Å². The van der Waals surface area contributed by atoms with Crippen molar-refractivity contribution in [1.82, 2.24) is 0 Å². The predicted molar refractivity (Wildman–Crippen MR) is 39.8 cm³/mol. The third kappa shape index (κ3) is 1.96. The summed E-state index contributed by atoms with van der Waals surface area (Å²) in [5.41, 5.74) is 0. The highest BCUT2D eigenvalue weighted by Crippen LogP contribution is 2.22. The standard InChI is InChI=1S/C8H16O2/c1-3-4-7-5-6-8(9-2)10-7/h7-8H,3-6H2,1-2H3. The van der Waals surface area contributed by atoms with E-state index in [1.54, 1.807) is 7.11 Å². The zero-order chi connectivity index (χ0) is 7.40. The zero-order valence-electron chi connectivity index (χ0n) is 6.80. The maximum Gasteiger partial charge on any atom is 0.157 e. The van der Waals surface area contributed by atoms with Gasteiger partial charge in [0.1, 0.15) is 0 Å². The fourth-order valence-electron chi connectivity index (χ4n) is 1.38. The van der Waals surface area contributed by atoms with E-state index in [1.165, 1.54) is 19.3 Å². The average Bonchev–Trinajstić information content (AvgIpc) is 2.37. The molecule has 0 aromatic heterocycles. The minimum absolute atomic E-state index is 0.0801. The van der Waals surface area contributed by atoms with E-state index in [2.05, 4.69) is 6.92 Å². The monoisotopic (exact) mass is 144 g/mol. The topological polar surface area (TPSA) is 18.5 Å².